The number of furan rings is 1. The first-order valence-corrected chi connectivity index (χ1v) is 5.67. The Morgan fingerprint density at radius 3 is 2.54 bits per heavy atom. The van der Waals surface area contributed by atoms with Crippen molar-refractivity contribution in [3.05, 3.63) is 29.2 Å². The van der Waals surface area contributed by atoms with E-state index < -0.39 is 0 Å². The second-order valence-corrected chi connectivity index (χ2v) is 2.93. The number of hydrogen-bond acceptors (Lipinski definition) is 1. The molecule has 0 fully saturated rings. The first kappa shape index (κ1) is 12.5. The van der Waals surface area contributed by atoms with Gasteiger partial charge in [0, 0.05) is 16.5 Å². The number of aryl methyl sites for hydroxylation is 1. The van der Waals surface area contributed by atoms with Crippen LogP contribution >= 0.6 is 15.9 Å². The van der Waals surface area contributed by atoms with E-state index in [4.69, 9.17) is 4.42 Å². The molecule has 0 saturated heterocycles. The van der Waals surface area contributed by atoms with Crippen molar-refractivity contribution < 1.29 is 4.42 Å². The van der Waals surface area contributed by atoms with Gasteiger partial charge in [-0.1, -0.05) is 41.9 Å². The van der Waals surface area contributed by atoms with Crippen molar-refractivity contribution in [3.63, 3.8) is 0 Å². The maximum absolute atomic E-state index is 5.26. The lowest BCUT2D eigenvalue weighted by Crippen LogP contribution is -1.77. The topological polar surface area (TPSA) is 13.1 Å². The molecule has 1 aromatic heterocycles. The maximum Gasteiger partial charge on any atom is 0.108 e. The fraction of sp³-hybridized carbons (Fsp3) is 0.455. The SMILES string of the molecule is C/C=C\c1c(CBr)coc1C.CC. The van der Waals surface area contributed by atoms with Crippen LogP contribution in [0.15, 0.2) is 16.8 Å². The van der Waals surface area contributed by atoms with Gasteiger partial charge >= 0.3 is 0 Å². The summed E-state index contributed by atoms with van der Waals surface area (Å²) in [6.07, 6.45) is 5.87. The van der Waals surface area contributed by atoms with Gasteiger partial charge in [-0.3, -0.25) is 0 Å². The molecule has 0 aromatic carbocycles. The lowest BCUT2D eigenvalue weighted by molar-refractivity contribution is 0.532. The molecule has 0 amide bonds. The van der Waals surface area contributed by atoms with E-state index in [-0.39, 0.29) is 0 Å². The number of alkyl halides is 1. The third kappa shape index (κ3) is 3.39. The van der Waals surface area contributed by atoms with Crippen LogP contribution in [0.3, 0.4) is 0 Å². The zero-order valence-corrected chi connectivity index (χ0v) is 10.3. The van der Waals surface area contributed by atoms with E-state index in [0.29, 0.717) is 0 Å². The van der Waals surface area contributed by atoms with Gasteiger partial charge in [0.2, 0.25) is 0 Å². The summed E-state index contributed by atoms with van der Waals surface area (Å²) in [5, 5.41) is 0.851. The second-order valence-electron chi connectivity index (χ2n) is 2.36. The molecule has 1 rings (SSSR count). The zero-order valence-electron chi connectivity index (χ0n) is 8.73. The maximum atomic E-state index is 5.26. The monoisotopic (exact) mass is 244 g/mol. The number of hydrogen-bond donors (Lipinski definition) is 0. The van der Waals surface area contributed by atoms with Crippen LogP contribution in [0.4, 0.5) is 0 Å². The summed E-state index contributed by atoms with van der Waals surface area (Å²) in [6.45, 7) is 7.98. The average molecular weight is 245 g/mol. The van der Waals surface area contributed by atoms with E-state index in [1.807, 2.05) is 33.8 Å². The van der Waals surface area contributed by atoms with Gasteiger partial charge in [0.1, 0.15) is 5.76 Å². The lowest BCUT2D eigenvalue weighted by Gasteiger charge is -1.91. The van der Waals surface area contributed by atoms with Gasteiger partial charge in [-0.05, 0) is 13.8 Å². The van der Waals surface area contributed by atoms with Crippen LogP contribution in [0.1, 0.15) is 37.7 Å². The molecule has 0 aliphatic carbocycles. The van der Waals surface area contributed by atoms with Crippen molar-refractivity contribution in [3.8, 4) is 0 Å². The highest BCUT2D eigenvalue weighted by Gasteiger charge is 2.04. The lowest BCUT2D eigenvalue weighted by atomic mass is 10.1. The fourth-order valence-electron chi connectivity index (χ4n) is 1.01. The van der Waals surface area contributed by atoms with Crippen LogP contribution in [0.25, 0.3) is 6.08 Å². The molecule has 0 N–H and O–H groups in total. The smallest absolute Gasteiger partial charge is 0.108 e. The summed E-state index contributed by atoms with van der Waals surface area (Å²) in [5.74, 6) is 0.984. The summed E-state index contributed by atoms with van der Waals surface area (Å²) in [4.78, 5) is 0. The number of rotatable bonds is 2. The third-order valence-electron chi connectivity index (χ3n) is 1.58. The third-order valence-corrected chi connectivity index (χ3v) is 2.18. The predicted octanol–water partition coefficient (Wildman–Crippen LogP) is 4.54. The fourth-order valence-corrected chi connectivity index (χ4v) is 1.44. The molecule has 1 heterocycles. The van der Waals surface area contributed by atoms with E-state index in [1.54, 1.807) is 6.26 Å². The molecule has 0 saturated carbocycles. The highest BCUT2D eigenvalue weighted by atomic mass is 79.9. The van der Waals surface area contributed by atoms with Gasteiger partial charge in [0.15, 0.2) is 0 Å². The van der Waals surface area contributed by atoms with Crippen molar-refractivity contribution in [2.24, 2.45) is 0 Å². The molecule has 0 aliphatic rings. The molecule has 13 heavy (non-hydrogen) atoms. The minimum atomic E-state index is 0.851. The first-order valence-electron chi connectivity index (χ1n) is 4.55. The Hall–Kier alpha value is -0.500. The van der Waals surface area contributed by atoms with Gasteiger partial charge in [0.25, 0.3) is 0 Å². The summed E-state index contributed by atoms with van der Waals surface area (Å²) in [6, 6.07) is 0. The Kier molecular flexibility index (Phi) is 6.69. The quantitative estimate of drug-likeness (QED) is 0.697. The molecule has 0 spiro atoms. The minimum absolute atomic E-state index is 0.851. The summed E-state index contributed by atoms with van der Waals surface area (Å²) in [7, 11) is 0. The number of halogens is 1. The second kappa shape index (κ2) is 6.96. The van der Waals surface area contributed by atoms with E-state index >= 15 is 0 Å². The highest BCUT2D eigenvalue weighted by Crippen LogP contribution is 2.20. The molecule has 0 aliphatic heterocycles. The van der Waals surface area contributed by atoms with Gasteiger partial charge in [-0.15, -0.1) is 0 Å². The van der Waals surface area contributed by atoms with Gasteiger partial charge in [-0.2, -0.15) is 0 Å². The van der Waals surface area contributed by atoms with Crippen molar-refractivity contribution in [1.29, 1.82) is 0 Å². The van der Waals surface area contributed by atoms with Crippen LogP contribution in [0.5, 0.6) is 0 Å². The predicted molar refractivity (Wildman–Crippen MR) is 62.1 cm³/mol. The summed E-state index contributed by atoms with van der Waals surface area (Å²) >= 11 is 3.40. The van der Waals surface area contributed by atoms with Gasteiger partial charge in [0.05, 0.1) is 6.26 Å². The molecule has 1 nitrogen and oxygen atoms in total. The van der Waals surface area contributed by atoms with Crippen LogP contribution in [-0.4, -0.2) is 0 Å². The van der Waals surface area contributed by atoms with Crippen LogP contribution in [0.2, 0.25) is 0 Å². The van der Waals surface area contributed by atoms with E-state index in [2.05, 4.69) is 22.0 Å². The van der Waals surface area contributed by atoms with E-state index in [0.717, 1.165) is 11.1 Å². The first-order chi connectivity index (χ1) is 6.29. The van der Waals surface area contributed by atoms with Crippen molar-refractivity contribution >= 4 is 22.0 Å². The standard InChI is InChI=1S/C9H11BrO.C2H6/c1-3-4-9-7(2)11-6-8(9)5-10;1-2/h3-4,6H,5H2,1-2H3;1-2H3/b4-3-;. The highest BCUT2D eigenvalue weighted by molar-refractivity contribution is 9.08. The molecule has 0 bridgehead atoms. The molecule has 74 valence electrons. The van der Waals surface area contributed by atoms with E-state index in [9.17, 15) is 0 Å². The van der Waals surface area contributed by atoms with Crippen molar-refractivity contribution in [1.82, 2.24) is 0 Å². The summed E-state index contributed by atoms with van der Waals surface area (Å²) < 4.78 is 5.26. The molecular formula is C11H17BrO. The zero-order chi connectivity index (χ0) is 10.3. The molecule has 0 radical (unpaired) electrons. The Morgan fingerprint density at radius 1 is 1.46 bits per heavy atom. The minimum Gasteiger partial charge on any atom is -0.469 e. The van der Waals surface area contributed by atoms with Crippen LogP contribution in [0, 0.1) is 6.92 Å². The molecule has 0 atom stereocenters. The Morgan fingerprint density at radius 2 is 2.08 bits per heavy atom. The molecule has 0 unspecified atom stereocenters. The normalized spacial score (nSPS) is 9.92. The largest absolute Gasteiger partial charge is 0.469 e. The molecule has 2 heteroatoms. The Bertz CT molecular complexity index is 261. The number of allylic oxidation sites excluding steroid dienone is 1. The van der Waals surface area contributed by atoms with Crippen LogP contribution < -0.4 is 0 Å². The van der Waals surface area contributed by atoms with E-state index in [1.165, 1.54) is 11.1 Å². The van der Waals surface area contributed by atoms with Crippen LogP contribution in [-0.2, 0) is 5.33 Å². The molecule has 1 aromatic rings. The average Bonchev–Trinajstić information content (AvgIpc) is 2.52. The van der Waals surface area contributed by atoms with Gasteiger partial charge in [-0.25, -0.2) is 0 Å². The molecular weight excluding hydrogens is 228 g/mol. The summed E-state index contributed by atoms with van der Waals surface area (Å²) in [5.41, 5.74) is 2.41. The van der Waals surface area contributed by atoms with Crippen molar-refractivity contribution in [2.45, 2.75) is 33.0 Å². The Balaban J connectivity index is 0.000000671. The Labute approximate surface area is 89.0 Å². The van der Waals surface area contributed by atoms with Crippen molar-refractivity contribution in [2.75, 3.05) is 0 Å². The van der Waals surface area contributed by atoms with Gasteiger partial charge < -0.3 is 4.42 Å².